The van der Waals surface area contributed by atoms with Gasteiger partial charge in [0.25, 0.3) is 5.91 Å². The molecule has 1 aliphatic heterocycles. The lowest BCUT2D eigenvalue weighted by molar-refractivity contribution is -0.137. The van der Waals surface area contributed by atoms with Crippen LogP contribution in [-0.2, 0) is 16.0 Å². The van der Waals surface area contributed by atoms with Crippen LogP contribution in [-0.4, -0.2) is 43.7 Å². The first kappa shape index (κ1) is 14.4. The van der Waals surface area contributed by atoms with Crippen molar-refractivity contribution in [3.63, 3.8) is 0 Å². The Morgan fingerprint density at radius 2 is 2.19 bits per heavy atom. The van der Waals surface area contributed by atoms with Gasteiger partial charge < -0.3 is 20.1 Å². The maximum atomic E-state index is 12.0. The Bertz CT molecular complexity index is 512. The molecule has 1 aliphatic carbocycles. The predicted molar refractivity (Wildman–Crippen MR) is 79.2 cm³/mol. The van der Waals surface area contributed by atoms with Gasteiger partial charge in [0.2, 0.25) is 0 Å². The fraction of sp³-hybridized carbons (Fsp3) is 0.562. The third kappa shape index (κ3) is 3.36. The molecule has 0 unspecified atom stereocenters. The van der Waals surface area contributed by atoms with Crippen LogP contribution in [0, 0.1) is 0 Å². The minimum atomic E-state index is 0.0142. The number of hydrogen-bond donors (Lipinski definition) is 1. The van der Waals surface area contributed by atoms with Crippen molar-refractivity contribution in [3.8, 4) is 5.75 Å². The van der Waals surface area contributed by atoms with Gasteiger partial charge in [0, 0.05) is 19.1 Å². The predicted octanol–water partition coefficient (Wildman–Crippen LogP) is 1.26. The highest BCUT2D eigenvalue weighted by molar-refractivity contribution is 5.77. The second-order valence-electron chi connectivity index (χ2n) is 5.64. The van der Waals surface area contributed by atoms with Gasteiger partial charge in [-0.3, -0.25) is 4.79 Å². The monoisotopic (exact) mass is 290 g/mol. The zero-order valence-electron chi connectivity index (χ0n) is 12.2. The van der Waals surface area contributed by atoms with E-state index in [9.17, 15) is 4.79 Å². The van der Waals surface area contributed by atoms with Gasteiger partial charge >= 0.3 is 0 Å². The first-order chi connectivity index (χ1) is 10.2. The number of hydrogen-bond acceptors (Lipinski definition) is 4. The van der Waals surface area contributed by atoms with Gasteiger partial charge in [-0.25, -0.2) is 0 Å². The van der Waals surface area contributed by atoms with E-state index in [4.69, 9.17) is 15.2 Å². The summed E-state index contributed by atoms with van der Waals surface area (Å²) in [7, 11) is 0. The highest BCUT2D eigenvalue weighted by Gasteiger charge is 2.19. The maximum Gasteiger partial charge on any atom is 0.260 e. The van der Waals surface area contributed by atoms with Crippen molar-refractivity contribution in [1.29, 1.82) is 0 Å². The summed E-state index contributed by atoms with van der Waals surface area (Å²) in [6, 6.07) is 6.09. The Morgan fingerprint density at radius 1 is 1.38 bits per heavy atom. The van der Waals surface area contributed by atoms with E-state index in [1.807, 2.05) is 12.1 Å². The van der Waals surface area contributed by atoms with Gasteiger partial charge in [-0.2, -0.15) is 0 Å². The zero-order valence-corrected chi connectivity index (χ0v) is 12.2. The van der Waals surface area contributed by atoms with Gasteiger partial charge in [-0.15, -0.1) is 0 Å². The lowest BCUT2D eigenvalue weighted by atomic mass is 9.88. The number of morpholine rings is 1. The van der Waals surface area contributed by atoms with Crippen LogP contribution < -0.4 is 10.5 Å². The van der Waals surface area contributed by atoms with Crippen LogP contribution in [0.15, 0.2) is 18.2 Å². The van der Waals surface area contributed by atoms with Crippen molar-refractivity contribution >= 4 is 5.91 Å². The van der Waals surface area contributed by atoms with Crippen LogP contribution in [0.25, 0.3) is 0 Å². The number of benzene rings is 1. The number of aryl methyl sites for hydroxylation is 1. The molecule has 2 aliphatic rings. The average Bonchev–Trinajstić information content (AvgIpc) is 2.54. The fourth-order valence-corrected chi connectivity index (χ4v) is 2.95. The number of nitrogens with zero attached hydrogens (tertiary/aromatic N) is 1. The molecule has 0 bridgehead atoms. The number of fused-ring (bicyclic) bond motifs is 1. The van der Waals surface area contributed by atoms with Crippen LogP contribution in [0.1, 0.15) is 30.0 Å². The topological polar surface area (TPSA) is 64.8 Å². The molecule has 0 saturated carbocycles. The molecule has 1 saturated heterocycles. The Balaban J connectivity index is 1.60. The zero-order chi connectivity index (χ0) is 14.7. The largest absolute Gasteiger partial charge is 0.484 e. The molecule has 0 radical (unpaired) electrons. The molecule has 1 heterocycles. The smallest absolute Gasteiger partial charge is 0.260 e. The second-order valence-corrected chi connectivity index (χ2v) is 5.64. The minimum absolute atomic E-state index is 0.0142. The Labute approximate surface area is 125 Å². The van der Waals surface area contributed by atoms with Crippen LogP contribution in [0.5, 0.6) is 5.75 Å². The van der Waals surface area contributed by atoms with Crippen molar-refractivity contribution in [2.24, 2.45) is 5.73 Å². The van der Waals surface area contributed by atoms with Crippen LogP contribution in [0.2, 0.25) is 0 Å². The van der Waals surface area contributed by atoms with Crippen LogP contribution in [0.3, 0.4) is 0 Å². The third-order valence-electron chi connectivity index (χ3n) is 4.20. The van der Waals surface area contributed by atoms with Crippen molar-refractivity contribution < 1.29 is 14.3 Å². The molecule has 1 aromatic rings. The third-order valence-corrected chi connectivity index (χ3v) is 4.20. The summed E-state index contributed by atoms with van der Waals surface area (Å²) >= 11 is 0. The van der Waals surface area contributed by atoms with E-state index in [1.165, 1.54) is 5.56 Å². The van der Waals surface area contributed by atoms with E-state index in [1.54, 1.807) is 4.90 Å². The SMILES string of the molecule is N[C@H]1CCCc2ccc(OCC(=O)N3CCOCC3)cc21. The number of ether oxygens (including phenoxy) is 2. The van der Waals surface area contributed by atoms with Gasteiger partial charge in [0.1, 0.15) is 5.75 Å². The summed E-state index contributed by atoms with van der Waals surface area (Å²) in [4.78, 5) is 13.8. The van der Waals surface area contributed by atoms with Gasteiger partial charge in [0.05, 0.1) is 13.2 Å². The molecule has 114 valence electrons. The molecular formula is C16H22N2O3. The Kier molecular flexibility index (Phi) is 4.41. The Hall–Kier alpha value is -1.59. The number of carbonyl (C=O) groups is 1. The summed E-state index contributed by atoms with van der Waals surface area (Å²) in [6.07, 6.45) is 3.24. The summed E-state index contributed by atoms with van der Waals surface area (Å²) in [5.74, 6) is 0.744. The quantitative estimate of drug-likeness (QED) is 0.910. The molecule has 21 heavy (non-hydrogen) atoms. The number of rotatable bonds is 3. The number of nitrogens with two attached hydrogens (primary N) is 1. The standard InChI is InChI=1S/C16H22N2O3/c17-15-3-1-2-12-4-5-13(10-14(12)15)21-11-16(19)18-6-8-20-9-7-18/h4-5,10,15H,1-3,6-9,11,17H2/t15-/m0/s1. The van der Waals surface area contributed by atoms with Gasteiger partial charge in [-0.1, -0.05) is 6.07 Å². The van der Waals surface area contributed by atoms with Crippen LogP contribution >= 0.6 is 0 Å². The van der Waals surface area contributed by atoms with Gasteiger partial charge in [-0.05, 0) is 42.5 Å². The van der Waals surface area contributed by atoms with Crippen LogP contribution in [0.4, 0.5) is 0 Å². The Morgan fingerprint density at radius 3 is 3.00 bits per heavy atom. The summed E-state index contributed by atoms with van der Waals surface area (Å²) in [6.45, 7) is 2.60. The minimum Gasteiger partial charge on any atom is -0.484 e. The first-order valence-corrected chi connectivity index (χ1v) is 7.61. The lowest BCUT2D eigenvalue weighted by Crippen LogP contribution is -2.43. The first-order valence-electron chi connectivity index (χ1n) is 7.61. The molecule has 1 aromatic carbocycles. The van der Waals surface area contributed by atoms with E-state index in [2.05, 4.69) is 6.07 Å². The average molecular weight is 290 g/mol. The van der Waals surface area contributed by atoms with Gasteiger partial charge in [0.15, 0.2) is 6.61 Å². The number of amides is 1. The summed E-state index contributed by atoms with van der Waals surface area (Å²) < 4.78 is 10.9. The van der Waals surface area contributed by atoms with E-state index < -0.39 is 0 Å². The second kappa shape index (κ2) is 6.45. The molecular weight excluding hydrogens is 268 g/mol. The molecule has 5 heteroatoms. The summed E-state index contributed by atoms with van der Waals surface area (Å²) in [5.41, 5.74) is 8.61. The van der Waals surface area contributed by atoms with E-state index >= 15 is 0 Å². The molecule has 0 spiro atoms. The van der Waals surface area contributed by atoms with E-state index in [0.29, 0.717) is 26.3 Å². The molecule has 3 rings (SSSR count). The molecule has 0 aromatic heterocycles. The molecule has 2 N–H and O–H groups in total. The van der Waals surface area contributed by atoms with E-state index in [0.717, 1.165) is 30.6 Å². The van der Waals surface area contributed by atoms with Crippen molar-refractivity contribution in [2.75, 3.05) is 32.9 Å². The van der Waals surface area contributed by atoms with Crippen molar-refractivity contribution in [1.82, 2.24) is 4.90 Å². The molecule has 1 fully saturated rings. The highest BCUT2D eigenvalue weighted by Crippen LogP contribution is 2.30. The highest BCUT2D eigenvalue weighted by atomic mass is 16.5. The summed E-state index contributed by atoms with van der Waals surface area (Å²) in [5, 5.41) is 0. The maximum absolute atomic E-state index is 12.0. The lowest BCUT2D eigenvalue weighted by Gasteiger charge is -2.27. The molecule has 1 atom stereocenters. The normalized spacial score (nSPS) is 21.8. The fourth-order valence-electron chi connectivity index (χ4n) is 2.95. The van der Waals surface area contributed by atoms with Crippen molar-refractivity contribution in [3.05, 3.63) is 29.3 Å². The molecule has 1 amide bonds. The number of carbonyl (C=O) groups excluding carboxylic acids is 1. The van der Waals surface area contributed by atoms with E-state index in [-0.39, 0.29) is 18.6 Å². The molecule has 5 nitrogen and oxygen atoms in total. The van der Waals surface area contributed by atoms with Crippen molar-refractivity contribution in [2.45, 2.75) is 25.3 Å².